The highest BCUT2D eigenvalue weighted by molar-refractivity contribution is 5.89. The van der Waals surface area contributed by atoms with E-state index < -0.39 is 6.09 Å². The van der Waals surface area contributed by atoms with Gasteiger partial charge in [-0.15, -0.1) is 0 Å². The average Bonchev–Trinajstić information content (AvgIpc) is 2.95. The van der Waals surface area contributed by atoms with Crippen LogP contribution in [0, 0.1) is 13.8 Å². The quantitative estimate of drug-likeness (QED) is 0.253. The maximum atomic E-state index is 12.7. The van der Waals surface area contributed by atoms with Crippen molar-refractivity contribution in [3.8, 4) is 23.0 Å². The summed E-state index contributed by atoms with van der Waals surface area (Å²) in [5.74, 6) is 2.50. The van der Waals surface area contributed by atoms with E-state index in [-0.39, 0.29) is 6.10 Å². The normalized spacial score (nSPS) is 11.1. The van der Waals surface area contributed by atoms with Gasteiger partial charge < -0.3 is 18.9 Å². The summed E-state index contributed by atoms with van der Waals surface area (Å²) in [6.07, 6.45) is 1.56. The van der Waals surface area contributed by atoms with Crippen LogP contribution in [0.2, 0.25) is 0 Å². The number of anilines is 1. The molecule has 0 aliphatic rings. The average molecular weight is 517 g/mol. The molecule has 7 nitrogen and oxygen atoms in total. The molecule has 1 N–H and O–H groups in total. The number of nitrogens with one attached hydrogen (secondary N) is 1. The molecule has 0 saturated heterocycles. The zero-order valence-corrected chi connectivity index (χ0v) is 23.1. The van der Waals surface area contributed by atoms with Crippen molar-refractivity contribution < 1.29 is 23.7 Å². The number of fused-ring (bicyclic) bond motifs is 1. The van der Waals surface area contributed by atoms with Crippen molar-refractivity contribution in [2.75, 3.05) is 19.5 Å². The largest absolute Gasteiger partial charge is 0.493 e. The number of amides is 1. The Kier molecular flexibility index (Phi) is 9.93. The summed E-state index contributed by atoms with van der Waals surface area (Å²) in [5.41, 5.74) is 4.06. The number of hydrogen-bond acceptors (Lipinski definition) is 6. The maximum absolute atomic E-state index is 12.7. The maximum Gasteiger partial charge on any atom is 0.412 e. The minimum atomic E-state index is -0.497. The molecule has 1 atom stereocenters. The zero-order valence-electron chi connectivity index (χ0n) is 23.1. The lowest BCUT2D eigenvalue weighted by Gasteiger charge is -2.19. The summed E-state index contributed by atoms with van der Waals surface area (Å²) in [5, 5.41) is 3.67. The van der Waals surface area contributed by atoms with E-state index in [1.165, 1.54) is 0 Å². The Balaban J connectivity index is 0.00000195. The molecule has 0 fully saturated rings. The second-order valence-corrected chi connectivity index (χ2v) is 8.41. The van der Waals surface area contributed by atoms with Gasteiger partial charge in [-0.1, -0.05) is 51.1 Å². The lowest BCUT2D eigenvalue weighted by atomic mass is 10.1. The Labute approximate surface area is 224 Å². The van der Waals surface area contributed by atoms with Gasteiger partial charge in [0, 0.05) is 23.3 Å². The van der Waals surface area contributed by atoms with Crippen molar-refractivity contribution in [3.05, 3.63) is 83.6 Å². The Morgan fingerprint density at radius 2 is 1.55 bits per heavy atom. The first-order valence-corrected chi connectivity index (χ1v) is 12.8. The summed E-state index contributed by atoms with van der Waals surface area (Å²) in [4.78, 5) is 17.1. The number of rotatable bonds is 8. The molecule has 200 valence electrons. The highest BCUT2D eigenvalue weighted by atomic mass is 16.6. The number of benzene rings is 3. The van der Waals surface area contributed by atoms with Crippen molar-refractivity contribution in [1.82, 2.24) is 4.98 Å². The molecule has 1 heterocycles. The molecule has 0 aliphatic heterocycles. The number of aromatic nitrogens is 1. The number of carbonyl (C=O) groups is 1. The van der Waals surface area contributed by atoms with Gasteiger partial charge >= 0.3 is 6.09 Å². The minimum Gasteiger partial charge on any atom is -0.493 e. The molecule has 4 rings (SSSR count). The minimum absolute atomic E-state index is 0.314. The van der Waals surface area contributed by atoms with Crippen molar-refractivity contribution >= 4 is 22.7 Å². The predicted octanol–water partition coefficient (Wildman–Crippen LogP) is 8.39. The van der Waals surface area contributed by atoms with E-state index in [2.05, 4.69) is 10.3 Å². The van der Waals surface area contributed by atoms with Crippen LogP contribution in [0.3, 0.4) is 0 Å². The van der Waals surface area contributed by atoms with Crippen molar-refractivity contribution in [2.24, 2.45) is 0 Å². The lowest BCUT2D eigenvalue weighted by molar-refractivity contribution is 0.108. The first kappa shape index (κ1) is 28.3. The fraction of sp³-hybridized carbons (Fsp3) is 0.290. The van der Waals surface area contributed by atoms with Crippen molar-refractivity contribution in [1.29, 1.82) is 0 Å². The van der Waals surface area contributed by atoms with Gasteiger partial charge in [-0.3, -0.25) is 10.3 Å². The Morgan fingerprint density at radius 1 is 0.868 bits per heavy atom. The van der Waals surface area contributed by atoms with Gasteiger partial charge in [0.15, 0.2) is 11.5 Å². The van der Waals surface area contributed by atoms with Gasteiger partial charge in [0.25, 0.3) is 0 Å². The second kappa shape index (κ2) is 13.3. The number of nitrogens with zero attached hydrogens (tertiary/aromatic N) is 1. The molecule has 3 aromatic carbocycles. The number of aryl methyl sites for hydroxylation is 2. The molecule has 0 aliphatic carbocycles. The van der Waals surface area contributed by atoms with E-state index in [0.29, 0.717) is 35.1 Å². The molecule has 38 heavy (non-hydrogen) atoms. The second-order valence-electron chi connectivity index (χ2n) is 8.41. The fourth-order valence-electron chi connectivity index (χ4n) is 4.01. The number of methoxy groups -OCH3 is 2. The standard InChI is InChI=1S/C29H30N2O5.C2H6/c1-6-24(20-10-8-7-9-11-20)36-29(32)31-22-14-19(3)26(15-18(22)2)35-25-12-13-30-23-17-28(34-5)27(33-4)16-21(23)25;1-2/h7-17,24H,6H2,1-5H3,(H,31,32);1-2H3. The molecule has 4 aromatic rings. The number of pyridine rings is 1. The predicted molar refractivity (Wildman–Crippen MR) is 152 cm³/mol. The summed E-state index contributed by atoms with van der Waals surface area (Å²) in [7, 11) is 3.18. The van der Waals surface area contributed by atoms with Crippen molar-refractivity contribution in [3.63, 3.8) is 0 Å². The van der Waals surface area contributed by atoms with Gasteiger partial charge in [-0.2, -0.15) is 0 Å². The molecule has 0 radical (unpaired) electrons. The highest BCUT2D eigenvalue weighted by Gasteiger charge is 2.17. The van der Waals surface area contributed by atoms with Gasteiger partial charge in [0.2, 0.25) is 0 Å². The Hall–Kier alpha value is -4.26. The Bertz CT molecular complexity index is 1370. The Morgan fingerprint density at radius 3 is 2.21 bits per heavy atom. The summed E-state index contributed by atoms with van der Waals surface area (Å²) in [6, 6.07) is 19.0. The number of ether oxygens (including phenoxy) is 4. The first-order valence-electron chi connectivity index (χ1n) is 12.8. The summed E-state index contributed by atoms with van der Waals surface area (Å²) < 4.78 is 22.8. The fourth-order valence-corrected chi connectivity index (χ4v) is 4.01. The molecular weight excluding hydrogens is 480 g/mol. The van der Waals surface area contributed by atoms with Gasteiger partial charge in [-0.25, -0.2) is 4.79 Å². The van der Waals surface area contributed by atoms with Crippen LogP contribution in [-0.2, 0) is 4.74 Å². The van der Waals surface area contributed by atoms with Gasteiger partial charge in [-0.05, 0) is 61.2 Å². The van der Waals surface area contributed by atoms with Gasteiger partial charge in [0.05, 0.1) is 19.7 Å². The molecule has 0 bridgehead atoms. The first-order chi connectivity index (χ1) is 18.4. The lowest BCUT2D eigenvalue weighted by Crippen LogP contribution is -2.18. The zero-order chi connectivity index (χ0) is 27.7. The summed E-state index contributed by atoms with van der Waals surface area (Å²) in [6.45, 7) is 9.83. The third-order valence-corrected chi connectivity index (χ3v) is 5.98. The molecule has 7 heteroatoms. The third kappa shape index (κ3) is 6.54. The van der Waals surface area contributed by atoms with E-state index in [4.69, 9.17) is 18.9 Å². The van der Waals surface area contributed by atoms with Crippen LogP contribution < -0.4 is 19.5 Å². The van der Waals surface area contributed by atoms with E-state index in [1.54, 1.807) is 26.5 Å². The van der Waals surface area contributed by atoms with Crippen LogP contribution in [-0.4, -0.2) is 25.3 Å². The van der Waals surface area contributed by atoms with E-state index in [9.17, 15) is 4.79 Å². The molecule has 0 saturated carbocycles. The van der Waals surface area contributed by atoms with E-state index in [1.807, 2.05) is 89.2 Å². The highest BCUT2D eigenvalue weighted by Crippen LogP contribution is 2.38. The smallest absolute Gasteiger partial charge is 0.412 e. The molecule has 0 spiro atoms. The topological polar surface area (TPSA) is 78.9 Å². The van der Waals surface area contributed by atoms with Crippen LogP contribution in [0.15, 0.2) is 66.9 Å². The molecular formula is C31H36N2O5. The molecule has 1 unspecified atom stereocenters. The van der Waals surface area contributed by atoms with Crippen LogP contribution in [0.1, 0.15) is 50.0 Å². The van der Waals surface area contributed by atoms with Crippen LogP contribution in [0.4, 0.5) is 10.5 Å². The SMILES string of the molecule is CC.CCC(OC(=O)Nc1cc(C)c(Oc2ccnc3cc(OC)c(OC)cc23)cc1C)c1ccccc1. The number of hydrogen-bond donors (Lipinski definition) is 1. The van der Waals surface area contributed by atoms with Gasteiger partial charge in [0.1, 0.15) is 17.6 Å². The van der Waals surface area contributed by atoms with Crippen LogP contribution in [0.5, 0.6) is 23.0 Å². The monoisotopic (exact) mass is 516 g/mol. The summed E-state index contributed by atoms with van der Waals surface area (Å²) >= 11 is 0. The molecule has 1 amide bonds. The van der Waals surface area contributed by atoms with Crippen LogP contribution >= 0.6 is 0 Å². The van der Waals surface area contributed by atoms with Crippen LogP contribution in [0.25, 0.3) is 10.9 Å². The third-order valence-electron chi connectivity index (χ3n) is 5.98. The van der Waals surface area contributed by atoms with E-state index in [0.717, 1.165) is 27.6 Å². The number of carbonyl (C=O) groups excluding carboxylic acids is 1. The van der Waals surface area contributed by atoms with E-state index >= 15 is 0 Å². The van der Waals surface area contributed by atoms with Crippen molar-refractivity contribution in [2.45, 2.75) is 47.1 Å². The molecule has 1 aromatic heterocycles.